The Labute approximate surface area is 356 Å². The fourth-order valence-corrected chi connectivity index (χ4v) is 25.3. The van der Waals surface area contributed by atoms with Crippen LogP contribution in [0.3, 0.4) is 0 Å². The molecular formula is C48H86O7SiSn. The van der Waals surface area contributed by atoms with Crippen molar-refractivity contribution in [2.24, 2.45) is 23.7 Å². The molecule has 1 fully saturated rings. The monoisotopic (exact) mass is 923 g/mol. The minimum atomic E-state index is -2.56. The second-order valence-corrected chi connectivity index (χ2v) is 37.3. The first-order valence-electron chi connectivity index (χ1n) is 22.4. The number of allylic oxidation sites excluding steroid dienone is 1. The Balaban J connectivity index is 2.44. The predicted molar refractivity (Wildman–Crippen MR) is 243 cm³/mol. The van der Waals surface area contributed by atoms with Gasteiger partial charge in [0.2, 0.25) is 0 Å². The van der Waals surface area contributed by atoms with Crippen LogP contribution in [0.15, 0.2) is 40.0 Å². The fourth-order valence-electron chi connectivity index (χ4n) is 8.05. The summed E-state index contributed by atoms with van der Waals surface area (Å²) in [6, 6.07) is 10.3. The quantitative estimate of drug-likeness (QED) is 0.0521. The van der Waals surface area contributed by atoms with Gasteiger partial charge in [0.25, 0.3) is 0 Å². The van der Waals surface area contributed by atoms with Crippen LogP contribution in [0, 0.1) is 35.5 Å². The zero-order valence-corrected chi connectivity index (χ0v) is 43.1. The molecule has 57 heavy (non-hydrogen) atoms. The van der Waals surface area contributed by atoms with Gasteiger partial charge in [0.05, 0.1) is 0 Å². The van der Waals surface area contributed by atoms with Gasteiger partial charge in [0.15, 0.2) is 8.32 Å². The summed E-state index contributed by atoms with van der Waals surface area (Å²) in [5, 5.41) is 0.136. The van der Waals surface area contributed by atoms with Gasteiger partial charge >= 0.3 is 247 Å². The third-order valence-electron chi connectivity index (χ3n) is 12.9. The average molecular weight is 922 g/mol. The van der Waals surface area contributed by atoms with E-state index in [-0.39, 0.29) is 60.6 Å². The van der Waals surface area contributed by atoms with E-state index >= 15 is 0 Å². The van der Waals surface area contributed by atoms with Gasteiger partial charge in [0.1, 0.15) is 0 Å². The number of methoxy groups -OCH3 is 2. The molecule has 1 aromatic carbocycles. The van der Waals surface area contributed by atoms with Gasteiger partial charge in [-0.2, -0.15) is 0 Å². The van der Waals surface area contributed by atoms with Crippen LogP contribution in [-0.2, 0) is 32.8 Å². The molecule has 0 radical (unpaired) electrons. The molecule has 1 saturated heterocycles. The van der Waals surface area contributed by atoms with E-state index in [4.69, 9.17) is 32.8 Å². The van der Waals surface area contributed by atoms with Gasteiger partial charge in [-0.25, -0.2) is 0 Å². The maximum absolute atomic E-state index is 6.79. The van der Waals surface area contributed by atoms with Crippen molar-refractivity contribution in [2.45, 2.75) is 183 Å². The van der Waals surface area contributed by atoms with Crippen LogP contribution in [0.2, 0.25) is 31.4 Å². The number of unbranched alkanes of at least 4 members (excludes halogenated alkanes) is 3. The van der Waals surface area contributed by atoms with E-state index in [1.807, 2.05) is 18.2 Å². The molecular weight excluding hydrogens is 835 g/mol. The molecule has 0 aliphatic carbocycles. The van der Waals surface area contributed by atoms with Crippen LogP contribution in [0.5, 0.6) is 0 Å². The van der Waals surface area contributed by atoms with Crippen LogP contribution in [0.1, 0.15) is 133 Å². The van der Waals surface area contributed by atoms with E-state index in [2.05, 4.69) is 119 Å². The Bertz CT molecular complexity index is 1300. The van der Waals surface area contributed by atoms with Crippen molar-refractivity contribution < 1.29 is 32.8 Å². The summed E-state index contributed by atoms with van der Waals surface area (Å²) in [6.45, 7) is 31.0. The number of benzene rings is 1. The summed E-state index contributed by atoms with van der Waals surface area (Å²) in [5.41, 5.74) is 1.01. The minimum absolute atomic E-state index is 0.0512. The zero-order valence-electron chi connectivity index (χ0n) is 39.2. The second kappa shape index (κ2) is 26.6. The van der Waals surface area contributed by atoms with Crippen LogP contribution in [-0.4, -0.2) is 85.5 Å². The zero-order chi connectivity index (χ0) is 42.6. The summed E-state index contributed by atoms with van der Waals surface area (Å²) in [5.74, 6) is 7.55. The summed E-state index contributed by atoms with van der Waals surface area (Å²) >= 11 is -2.56. The molecule has 7 nitrogen and oxygen atoms in total. The van der Waals surface area contributed by atoms with Crippen LogP contribution >= 0.6 is 0 Å². The third-order valence-corrected chi connectivity index (χ3v) is 33.9. The Morgan fingerprint density at radius 1 is 0.860 bits per heavy atom. The first-order chi connectivity index (χ1) is 27.0. The van der Waals surface area contributed by atoms with Crippen molar-refractivity contribution in [1.29, 1.82) is 0 Å². The maximum atomic E-state index is 6.79. The predicted octanol–water partition coefficient (Wildman–Crippen LogP) is 12.7. The van der Waals surface area contributed by atoms with Crippen LogP contribution in [0.25, 0.3) is 0 Å². The van der Waals surface area contributed by atoms with Crippen molar-refractivity contribution in [1.82, 2.24) is 0 Å². The van der Waals surface area contributed by atoms with Crippen LogP contribution in [0.4, 0.5) is 0 Å². The van der Waals surface area contributed by atoms with Crippen molar-refractivity contribution in [3.63, 3.8) is 0 Å². The van der Waals surface area contributed by atoms with Crippen molar-refractivity contribution in [2.75, 3.05) is 34.4 Å². The Hall–Kier alpha value is -0.744. The van der Waals surface area contributed by atoms with Gasteiger partial charge in [-0.05, 0) is 18.1 Å². The van der Waals surface area contributed by atoms with Crippen LogP contribution < -0.4 is 0 Å². The number of ether oxygens (including phenoxy) is 6. The van der Waals surface area contributed by atoms with Gasteiger partial charge in [-0.15, -0.1) is 0 Å². The molecule has 0 saturated carbocycles. The van der Waals surface area contributed by atoms with E-state index in [9.17, 15) is 0 Å². The second-order valence-electron chi connectivity index (χ2n) is 18.6. The number of hydrogen-bond acceptors (Lipinski definition) is 7. The first kappa shape index (κ1) is 52.4. The van der Waals surface area contributed by atoms with E-state index in [1.165, 1.54) is 51.8 Å². The summed E-state index contributed by atoms with van der Waals surface area (Å²) in [4.78, 5) is 0. The SMILES string of the molecule is CCC[CH2][Sn]([CH2]CCC)([CH2]CCC)/[C](C)=C\[C@H](C)[C@@H](OCOC)[C@@H](C)C#C[C@H](C[C@@H]1O[C@H](c2ccccc2)O[C@H]([C@@H](C)CO[Si](C)(C)C(C)(C)C)[C@H]1C)OCOC. The Morgan fingerprint density at radius 3 is 1.95 bits per heavy atom. The summed E-state index contributed by atoms with van der Waals surface area (Å²) < 4.78 is 50.1. The van der Waals surface area contributed by atoms with Gasteiger partial charge < -0.3 is 9.16 Å². The third kappa shape index (κ3) is 16.9. The molecule has 1 aromatic rings. The molecule has 0 aromatic heterocycles. The van der Waals surface area contributed by atoms with Crippen molar-refractivity contribution in [3.05, 3.63) is 45.6 Å². The average Bonchev–Trinajstić information content (AvgIpc) is 3.18. The molecule has 9 atom stereocenters. The van der Waals surface area contributed by atoms with Gasteiger partial charge in [-0.1, -0.05) is 58.0 Å². The normalized spacial score (nSPS) is 22.3. The molecule has 9 heteroatoms. The molecule has 0 unspecified atom stereocenters. The van der Waals surface area contributed by atoms with Crippen molar-refractivity contribution in [3.8, 4) is 11.8 Å². The van der Waals surface area contributed by atoms with Gasteiger partial charge in [-0.3, -0.25) is 0 Å². The Kier molecular flexibility index (Phi) is 24.4. The fraction of sp³-hybridized carbons (Fsp3) is 0.792. The number of hydrogen-bond donors (Lipinski definition) is 0. The Morgan fingerprint density at radius 2 is 1.42 bits per heavy atom. The van der Waals surface area contributed by atoms with E-state index in [1.54, 1.807) is 17.8 Å². The number of rotatable bonds is 26. The van der Waals surface area contributed by atoms with E-state index < -0.39 is 39.1 Å². The standard InChI is InChI=1S/C36H59O7Si.3C4H9.Sn/c1-13-17-26(2)33(40-25-38-10)27(3)20-21-31(39-24-37-9)22-32-29(5)34(28(4)23-41-44(11,12)36(6,7)8)43-35(42-32)30-18-15-14-16-19-30;3*1-3-4-2;/h14-19,26-29,31-35H,22-25H2,1-12H3;3*1,3-4H2,2H3;/t26-,27-,28-,29-,31+,32-,33+,34+,35-;;;;/m0..../s1. The molecule has 2 rings (SSSR count). The molecule has 1 heterocycles. The summed E-state index contributed by atoms with van der Waals surface area (Å²) in [7, 11) is 1.42. The molecule has 0 N–H and O–H groups in total. The topological polar surface area (TPSA) is 64.6 Å². The molecule has 328 valence electrons. The van der Waals surface area contributed by atoms with Crippen molar-refractivity contribution >= 4 is 26.7 Å². The van der Waals surface area contributed by atoms with E-state index in [0.29, 0.717) is 13.0 Å². The van der Waals surface area contributed by atoms with Gasteiger partial charge in [0, 0.05) is 18.1 Å². The summed E-state index contributed by atoms with van der Waals surface area (Å²) in [6.07, 6.45) is 9.81. The molecule has 0 bridgehead atoms. The molecule has 0 spiro atoms. The molecule has 1 aliphatic rings. The van der Waals surface area contributed by atoms with E-state index in [0.717, 1.165) is 5.56 Å². The first-order valence-corrected chi connectivity index (χ1v) is 32.8. The molecule has 1 aliphatic heterocycles. The molecule has 0 amide bonds.